The minimum Gasteiger partial charge on any atom is -0.273 e. The average Bonchev–Trinajstić information content (AvgIpc) is 3.19. The van der Waals surface area contributed by atoms with Crippen molar-refractivity contribution in [2.45, 2.75) is 25.0 Å². The molecule has 7 heteroatoms. The summed E-state index contributed by atoms with van der Waals surface area (Å²) in [5.74, 6) is -0.406. The van der Waals surface area contributed by atoms with Crippen molar-refractivity contribution < 1.29 is 9.18 Å². The van der Waals surface area contributed by atoms with Crippen LogP contribution < -0.4 is 4.90 Å². The van der Waals surface area contributed by atoms with E-state index in [9.17, 15) is 9.18 Å². The molecule has 2 atom stereocenters. The van der Waals surface area contributed by atoms with Gasteiger partial charge in [-0.3, -0.25) is 14.6 Å². The van der Waals surface area contributed by atoms with Crippen molar-refractivity contribution in [2.75, 3.05) is 11.4 Å². The van der Waals surface area contributed by atoms with Crippen LogP contribution in [0.4, 0.5) is 9.52 Å². The molecule has 1 aromatic heterocycles. The highest BCUT2D eigenvalue weighted by molar-refractivity contribution is 7.13. The Hall–Kier alpha value is -1.50. The molecule has 1 amide bonds. The number of fused-ring (bicyclic) bond motifs is 1. The van der Waals surface area contributed by atoms with Gasteiger partial charge in [0.15, 0.2) is 5.13 Å². The second-order valence-corrected chi connectivity index (χ2v) is 6.71. The van der Waals surface area contributed by atoms with Crippen LogP contribution >= 0.6 is 22.9 Å². The summed E-state index contributed by atoms with van der Waals surface area (Å²) in [4.78, 5) is 20.7. The lowest BCUT2D eigenvalue weighted by molar-refractivity contribution is -0.119. The number of carbonyl (C=O) groups is 1. The Balaban J connectivity index is 1.88. The van der Waals surface area contributed by atoms with Gasteiger partial charge in [0.1, 0.15) is 12.0 Å². The maximum atomic E-state index is 14.4. The number of anilines is 1. The molecular weight excluding hydrogens is 325 g/mol. The quantitative estimate of drug-likeness (QED) is 0.842. The second-order valence-electron chi connectivity index (χ2n) is 5.43. The van der Waals surface area contributed by atoms with Gasteiger partial charge in [-0.2, -0.15) is 0 Å². The first-order chi connectivity index (χ1) is 10.7. The smallest absolute Gasteiger partial charge is 0.247 e. The number of amides is 1. The highest BCUT2D eigenvalue weighted by atomic mass is 35.5. The predicted molar refractivity (Wildman–Crippen MR) is 83.5 cm³/mol. The number of rotatable bonds is 2. The molecule has 0 saturated carbocycles. The first-order valence-electron chi connectivity index (χ1n) is 7.10. The molecule has 2 aliphatic rings. The highest BCUT2D eigenvalue weighted by Crippen LogP contribution is 2.45. The summed E-state index contributed by atoms with van der Waals surface area (Å²) in [6.07, 6.45) is 2.87. The summed E-state index contributed by atoms with van der Waals surface area (Å²) in [6, 6.07) is 4.42. The molecule has 0 bridgehead atoms. The van der Waals surface area contributed by atoms with Gasteiger partial charge >= 0.3 is 0 Å². The first-order valence-corrected chi connectivity index (χ1v) is 8.36. The van der Waals surface area contributed by atoms with E-state index in [2.05, 4.69) is 4.98 Å². The van der Waals surface area contributed by atoms with Crippen LogP contribution in [0.5, 0.6) is 0 Å². The Bertz CT molecular complexity index is 703. The molecule has 4 rings (SSSR count). The van der Waals surface area contributed by atoms with Crippen LogP contribution in [-0.2, 0) is 4.79 Å². The monoisotopic (exact) mass is 337 g/mol. The summed E-state index contributed by atoms with van der Waals surface area (Å²) in [6.45, 7) is 0.758. The summed E-state index contributed by atoms with van der Waals surface area (Å²) >= 11 is 7.63. The van der Waals surface area contributed by atoms with E-state index in [0.717, 1.165) is 19.4 Å². The van der Waals surface area contributed by atoms with Gasteiger partial charge in [0.25, 0.3) is 0 Å². The van der Waals surface area contributed by atoms with Crippen molar-refractivity contribution in [1.29, 1.82) is 0 Å². The molecule has 2 aliphatic heterocycles. The Labute approximate surface area is 136 Å². The molecule has 0 aliphatic carbocycles. The predicted octanol–water partition coefficient (Wildman–Crippen LogP) is 3.45. The fourth-order valence-electron chi connectivity index (χ4n) is 3.36. The van der Waals surface area contributed by atoms with Crippen molar-refractivity contribution in [1.82, 2.24) is 9.88 Å². The molecular formula is C15H13ClFN3OS. The minimum atomic E-state index is -0.514. The lowest BCUT2D eigenvalue weighted by Gasteiger charge is -2.28. The van der Waals surface area contributed by atoms with E-state index in [0.29, 0.717) is 15.7 Å². The van der Waals surface area contributed by atoms with Crippen LogP contribution in [0.1, 0.15) is 24.6 Å². The first kappa shape index (κ1) is 14.1. The van der Waals surface area contributed by atoms with Crippen molar-refractivity contribution in [2.24, 2.45) is 0 Å². The average molecular weight is 338 g/mol. The fraction of sp³-hybridized carbons (Fsp3) is 0.333. The van der Waals surface area contributed by atoms with Crippen molar-refractivity contribution in [3.8, 4) is 0 Å². The van der Waals surface area contributed by atoms with Gasteiger partial charge in [-0.05, 0) is 25.0 Å². The number of hydrogen-bond acceptors (Lipinski definition) is 4. The Morgan fingerprint density at radius 2 is 2.27 bits per heavy atom. The van der Waals surface area contributed by atoms with E-state index >= 15 is 0 Å². The number of hydrogen-bond donors (Lipinski definition) is 0. The normalized spacial score (nSPS) is 25.0. The molecule has 2 saturated heterocycles. The van der Waals surface area contributed by atoms with Gasteiger partial charge in [0.05, 0.1) is 11.1 Å². The standard InChI is InChI=1S/C15H13ClFN3OS/c16-9-3-1-4-10(17)12(9)13-19-7-2-5-11(19)14(21)20(13)15-18-6-8-22-15/h1,3-4,6,8,11,13H,2,5,7H2/t11-,13+/m0/s1. The molecule has 114 valence electrons. The zero-order valence-corrected chi connectivity index (χ0v) is 13.1. The molecule has 0 radical (unpaired) electrons. The van der Waals surface area contributed by atoms with Gasteiger partial charge in [-0.25, -0.2) is 9.37 Å². The number of halogens is 2. The number of carbonyl (C=O) groups excluding carboxylic acids is 1. The van der Waals surface area contributed by atoms with Gasteiger partial charge in [-0.15, -0.1) is 11.3 Å². The van der Waals surface area contributed by atoms with E-state index in [4.69, 9.17) is 11.6 Å². The summed E-state index contributed by atoms with van der Waals surface area (Å²) < 4.78 is 14.4. The van der Waals surface area contributed by atoms with Crippen molar-refractivity contribution >= 4 is 34.0 Å². The maximum Gasteiger partial charge on any atom is 0.247 e. The Morgan fingerprint density at radius 3 is 3.00 bits per heavy atom. The molecule has 0 unspecified atom stereocenters. The maximum absolute atomic E-state index is 14.4. The van der Waals surface area contributed by atoms with Crippen LogP contribution in [0.25, 0.3) is 0 Å². The van der Waals surface area contributed by atoms with E-state index in [1.165, 1.54) is 17.4 Å². The zero-order chi connectivity index (χ0) is 15.3. The SMILES string of the molecule is O=C1[C@@H]2CCCN2[C@@H](c2c(F)cccc2Cl)N1c1nccs1. The van der Waals surface area contributed by atoms with Crippen molar-refractivity contribution in [3.63, 3.8) is 0 Å². The molecule has 3 heterocycles. The van der Waals surface area contributed by atoms with Crippen LogP contribution in [0.15, 0.2) is 29.8 Å². The lowest BCUT2D eigenvalue weighted by Crippen LogP contribution is -2.33. The number of nitrogens with zero attached hydrogens (tertiary/aromatic N) is 3. The molecule has 0 spiro atoms. The number of thiazole rings is 1. The van der Waals surface area contributed by atoms with Crippen molar-refractivity contribution in [3.05, 3.63) is 46.2 Å². The summed E-state index contributed by atoms with van der Waals surface area (Å²) in [5, 5.41) is 2.74. The lowest BCUT2D eigenvalue weighted by atomic mass is 10.1. The molecule has 4 nitrogen and oxygen atoms in total. The third kappa shape index (κ3) is 1.98. The summed E-state index contributed by atoms with van der Waals surface area (Å²) in [5.41, 5.74) is 0.358. The third-order valence-corrected chi connectivity index (χ3v) is 5.36. The van der Waals surface area contributed by atoms with Crippen LogP contribution in [0, 0.1) is 5.82 Å². The van der Waals surface area contributed by atoms with Gasteiger partial charge in [0, 0.05) is 23.7 Å². The van der Waals surface area contributed by atoms with Crippen LogP contribution in [0.2, 0.25) is 5.02 Å². The molecule has 2 fully saturated rings. The van der Waals surface area contributed by atoms with Crippen LogP contribution in [0.3, 0.4) is 0 Å². The van der Waals surface area contributed by atoms with Gasteiger partial charge < -0.3 is 0 Å². The summed E-state index contributed by atoms with van der Waals surface area (Å²) in [7, 11) is 0. The minimum absolute atomic E-state index is 0.0169. The van der Waals surface area contributed by atoms with Gasteiger partial charge in [-0.1, -0.05) is 17.7 Å². The molecule has 22 heavy (non-hydrogen) atoms. The number of benzene rings is 1. The molecule has 1 aromatic carbocycles. The zero-order valence-electron chi connectivity index (χ0n) is 11.6. The molecule has 0 N–H and O–H groups in total. The van der Waals surface area contributed by atoms with E-state index in [1.54, 1.807) is 23.2 Å². The topological polar surface area (TPSA) is 36.4 Å². The van der Waals surface area contributed by atoms with E-state index in [-0.39, 0.29) is 17.8 Å². The van der Waals surface area contributed by atoms with Gasteiger partial charge in [0.2, 0.25) is 5.91 Å². The Morgan fingerprint density at radius 1 is 1.41 bits per heavy atom. The fourth-order valence-corrected chi connectivity index (χ4v) is 4.29. The van der Waals surface area contributed by atoms with E-state index in [1.807, 2.05) is 10.3 Å². The Kier molecular flexibility index (Phi) is 3.40. The third-order valence-electron chi connectivity index (χ3n) is 4.26. The van der Waals surface area contributed by atoms with Crippen LogP contribution in [-0.4, -0.2) is 28.4 Å². The second kappa shape index (κ2) is 5.30. The van der Waals surface area contributed by atoms with E-state index < -0.39 is 6.17 Å². The number of aromatic nitrogens is 1. The highest BCUT2D eigenvalue weighted by Gasteiger charge is 2.51. The largest absolute Gasteiger partial charge is 0.273 e. The molecule has 2 aromatic rings.